The van der Waals surface area contributed by atoms with Crippen molar-refractivity contribution < 1.29 is 8.42 Å². The minimum absolute atomic E-state index is 0.226. The second-order valence-electron chi connectivity index (χ2n) is 4.47. The van der Waals surface area contributed by atoms with Gasteiger partial charge in [0, 0.05) is 6.54 Å². The van der Waals surface area contributed by atoms with Crippen molar-refractivity contribution in [2.45, 2.75) is 24.0 Å². The highest BCUT2D eigenvalue weighted by molar-refractivity contribution is 7.93. The van der Waals surface area contributed by atoms with E-state index in [1.165, 1.54) is 0 Å². The van der Waals surface area contributed by atoms with Crippen LogP contribution in [0.3, 0.4) is 0 Å². The SMILES string of the molecule is NCC1(Cc2ccccc2)CCCS1(=O)=O. The fourth-order valence-electron chi connectivity index (χ4n) is 2.42. The highest BCUT2D eigenvalue weighted by Crippen LogP contribution is 2.34. The van der Waals surface area contributed by atoms with Crippen LogP contribution in [0.4, 0.5) is 0 Å². The van der Waals surface area contributed by atoms with E-state index in [0.29, 0.717) is 12.8 Å². The molecule has 1 atom stereocenters. The Balaban J connectivity index is 2.31. The molecule has 16 heavy (non-hydrogen) atoms. The van der Waals surface area contributed by atoms with Gasteiger partial charge < -0.3 is 5.73 Å². The first-order valence-corrected chi connectivity index (χ1v) is 7.21. The average molecular weight is 239 g/mol. The Morgan fingerprint density at radius 1 is 1.25 bits per heavy atom. The third-order valence-electron chi connectivity index (χ3n) is 3.45. The molecule has 2 rings (SSSR count). The molecule has 1 aromatic carbocycles. The highest BCUT2D eigenvalue weighted by Gasteiger charge is 2.46. The number of sulfone groups is 1. The summed E-state index contributed by atoms with van der Waals surface area (Å²) in [5.41, 5.74) is 6.77. The quantitative estimate of drug-likeness (QED) is 0.860. The lowest BCUT2D eigenvalue weighted by Crippen LogP contribution is -2.44. The molecule has 1 aliphatic rings. The fourth-order valence-corrected chi connectivity index (χ4v) is 4.48. The molecule has 0 aromatic heterocycles. The predicted octanol–water partition coefficient (Wildman–Crippen LogP) is 1.14. The van der Waals surface area contributed by atoms with Crippen LogP contribution in [-0.2, 0) is 16.3 Å². The van der Waals surface area contributed by atoms with E-state index in [1.807, 2.05) is 30.3 Å². The summed E-state index contributed by atoms with van der Waals surface area (Å²) < 4.78 is 23.4. The first-order valence-electron chi connectivity index (χ1n) is 5.56. The molecule has 1 heterocycles. The molecular weight excluding hydrogens is 222 g/mol. The molecule has 1 aliphatic heterocycles. The zero-order valence-corrected chi connectivity index (χ0v) is 10.0. The van der Waals surface area contributed by atoms with E-state index in [-0.39, 0.29) is 12.3 Å². The molecule has 1 fully saturated rings. The summed E-state index contributed by atoms with van der Waals surface area (Å²) in [6.45, 7) is 0.226. The summed E-state index contributed by atoms with van der Waals surface area (Å²) in [6.07, 6.45) is 1.99. The van der Waals surface area contributed by atoms with E-state index in [4.69, 9.17) is 5.73 Å². The number of rotatable bonds is 3. The highest BCUT2D eigenvalue weighted by atomic mass is 32.2. The van der Waals surface area contributed by atoms with Gasteiger partial charge in [0.05, 0.1) is 10.5 Å². The number of nitrogens with two attached hydrogens (primary N) is 1. The van der Waals surface area contributed by atoms with Crippen LogP contribution >= 0.6 is 0 Å². The van der Waals surface area contributed by atoms with Gasteiger partial charge in [-0.1, -0.05) is 30.3 Å². The topological polar surface area (TPSA) is 60.2 Å². The predicted molar refractivity (Wildman–Crippen MR) is 65.0 cm³/mol. The van der Waals surface area contributed by atoms with Crippen LogP contribution in [0.1, 0.15) is 18.4 Å². The Morgan fingerprint density at radius 3 is 2.44 bits per heavy atom. The lowest BCUT2D eigenvalue weighted by molar-refractivity contribution is 0.510. The molecule has 1 aromatic rings. The monoisotopic (exact) mass is 239 g/mol. The Labute approximate surface area is 96.6 Å². The van der Waals surface area contributed by atoms with Gasteiger partial charge in [0.1, 0.15) is 0 Å². The zero-order chi connectivity index (χ0) is 11.6. The average Bonchev–Trinajstić information content (AvgIpc) is 2.56. The van der Waals surface area contributed by atoms with Crippen LogP contribution in [0.15, 0.2) is 30.3 Å². The lowest BCUT2D eigenvalue weighted by atomic mass is 9.94. The first-order chi connectivity index (χ1) is 7.60. The molecule has 3 nitrogen and oxygen atoms in total. The van der Waals surface area contributed by atoms with Crippen LogP contribution < -0.4 is 5.73 Å². The van der Waals surface area contributed by atoms with Gasteiger partial charge in [-0.25, -0.2) is 8.42 Å². The lowest BCUT2D eigenvalue weighted by Gasteiger charge is -2.26. The molecule has 0 spiro atoms. The van der Waals surface area contributed by atoms with Crippen LogP contribution in [0.25, 0.3) is 0 Å². The van der Waals surface area contributed by atoms with Crippen molar-refractivity contribution in [3.05, 3.63) is 35.9 Å². The van der Waals surface area contributed by atoms with Gasteiger partial charge in [0.25, 0.3) is 0 Å². The Hall–Kier alpha value is -0.870. The summed E-state index contributed by atoms with van der Waals surface area (Å²) in [5, 5.41) is 0. The summed E-state index contributed by atoms with van der Waals surface area (Å²) in [6, 6.07) is 9.72. The molecule has 88 valence electrons. The summed E-state index contributed by atoms with van der Waals surface area (Å²) >= 11 is 0. The molecule has 1 unspecified atom stereocenters. The van der Waals surface area contributed by atoms with E-state index in [1.54, 1.807) is 0 Å². The molecule has 0 bridgehead atoms. The van der Waals surface area contributed by atoms with E-state index in [0.717, 1.165) is 12.0 Å². The maximum atomic E-state index is 12.0. The fraction of sp³-hybridized carbons (Fsp3) is 0.500. The Kier molecular flexibility index (Phi) is 3.04. The van der Waals surface area contributed by atoms with Crippen LogP contribution in [0.5, 0.6) is 0 Å². The van der Waals surface area contributed by atoms with Gasteiger partial charge in [0.15, 0.2) is 9.84 Å². The minimum Gasteiger partial charge on any atom is -0.329 e. The molecule has 0 aliphatic carbocycles. The zero-order valence-electron chi connectivity index (χ0n) is 9.22. The third kappa shape index (κ3) is 1.87. The summed E-state index contributed by atoms with van der Waals surface area (Å²) in [7, 11) is -3.02. The number of benzene rings is 1. The van der Waals surface area contributed by atoms with Gasteiger partial charge >= 0.3 is 0 Å². The van der Waals surface area contributed by atoms with Gasteiger partial charge in [-0.15, -0.1) is 0 Å². The van der Waals surface area contributed by atoms with E-state index in [9.17, 15) is 8.42 Å². The van der Waals surface area contributed by atoms with Crippen LogP contribution in [0, 0.1) is 0 Å². The van der Waals surface area contributed by atoms with Crippen LogP contribution in [-0.4, -0.2) is 25.5 Å². The summed E-state index contributed by atoms with van der Waals surface area (Å²) in [4.78, 5) is 0. The molecule has 0 amide bonds. The molecule has 1 saturated heterocycles. The minimum atomic E-state index is -3.02. The van der Waals surface area contributed by atoms with Crippen molar-refractivity contribution in [3.8, 4) is 0 Å². The van der Waals surface area contributed by atoms with Crippen LogP contribution in [0.2, 0.25) is 0 Å². The molecule has 2 N–H and O–H groups in total. The molecule has 0 radical (unpaired) electrons. The smallest absolute Gasteiger partial charge is 0.157 e. The number of hydrogen-bond acceptors (Lipinski definition) is 3. The van der Waals surface area contributed by atoms with Gasteiger partial charge in [-0.3, -0.25) is 0 Å². The molecule has 0 saturated carbocycles. The van der Waals surface area contributed by atoms with Crippen molar-refractivity contribution in [2.24, 2.45) is 5.73 Å². The van der Waals surface area contributed by atoms with E-state index >= 15 is 0 Å². The van der Waals surface area contributed by atoms with Crippen molar-refractivity contribution >= 4 is 9.84 Å². The van der Waals surface area contributed by atoms with Gasteiger partial charge in [-0.05, 0) is 24.8 Å². The Morgan fingerprint density at radius 2 is 1.94 bits per heavy atom. The third-order valence-corrected chi connectivity index (χ3v) is 6.11. The molecule has 4 heteroatoms. The van der Waals surface area contributed by atoms with Crippen molar-refractivity contribution in [3.63, 3.8) is 0 Å². The van der Waals surface area contributed by atoms with Crippen molar-refractivity contribution in [1.29, 1.82) is 0 Å². The van der Waals surface area contributed by atoms with Crippen molar-refractivity contribution in [1.82, 2.24) is 0 Å². The van der Waals surface area contributed by atoms with E-state index in [2.05, 4.69) is 0 Å². The standard InChI is InChI=1S/C12H17NO2S/c13-10-12(7-4-8-16(12,14)15)9-11-5-2-1-3-6-11/h1-3,5-6H,4,7-10,13H2. The normalized spacial score (nSPS) is 28.1. The largest absolute Gasteiger partial charge is 0.329 e. The Bertz CT molecular complexity index is 455. The number of hydrogen-bond donors (Lipinski definition) is 1. The first kappa shape index (κ1) is 11.6. The van der Waals surface area contributed by atoms with E-state index < -0.39 is 14.6 Å². The van der Waals surface area contributed by atoms with Gasteiger partial charge in [0.2, 0.25) is 0 Å². The summed E-state index contributed by atoms with van der Waals surface area (Å²) in [5.74, 6) is 0.289. The molecular formula is C12H17NO2S. The van der Waals surface area contributed by atoms with Gasteiger partial charge in [-0.2, -0.15) is 0 Å². The van der Waals surface area contributed by atoms with Crippen molar-refractivity contribution in [2.75, 3.05) is 12.3 Å². The maximum Gasteiger partial charge on any atom is 0.157 e. The maximum absolute atomic E-state index is 12.0. The second-order valence-corrected chi connectivity index (χ2v) is 6.98. The second kappa shape index (κ2) is 4.18.